The Morgan fingerprint density at radius 2 is 2.00 bits per heavy atom. The van der Waals surface area contributed by atoms with Crippen LogP contribution < -0.4 is 5.32 Å². The summed E-state index contributed by atoms with van der Waals surface area (Å²) in [6.45, 7) is 14.6. The molecule has 0 fully saturated rings. The lowest BCUT2D eigenvalue weighted by molar-refractivity contribution is 0.186. The van der Waals surface area contributed by atoms with Gasteiger partial charge in [0.15, 0.2) is 0 Å². The summed E-state index contributed by atoms with van der Waals surface area (Å²) in [5, 5.41) is 3.31. The Bertz CT molecular complexity index is 150. The van der Waals surface area contributed by atoms with Crippen LogP contribution in [0, 0.1) is 0 Å². The highest BCUT2D eigenvalue weighted by atomic mass is 15.2. The largest absolute Gasteiger partial charge is 0.314 e. The molecule has 0 saturated heterocycles. The van der Waals surface area contributed by atoms with Crippen molar-refractivity contribution in [3.05, 3.63) is 12.7 Å². The van der Waals surface area contributed by atoms with Gasteiger partial charge in [0.05, 0.1) is 0 Å². The molecule has 78 valence electrons. The molecule has 0 aliphatic heterocycles. The molecule has 0 amide bonds. The van der Waals surface area contributed by atoms with Crippen LogP contribution in [0.4, 0.5) is 0 Å². The minimum absolute atomic E-state index is 0.174. The minimum Gasteiger partial charge on any atom is -0.314 e. The van der Waals surface area contributed by atoms with Gasteiger partial charge in [0.25, 0.3) is 0 Å². The average Bonchev–Trinajstić information content (AvgIpc) is 2.03. The molecule has 0 aromatic rings. The molecule has 0 bridgehead atoms. The fraction of sp³-hybridized carbons (Fsp3) is 0.818. The quantitative estimate of drug-likeness (QED) is 0.634. The molecule has 0 rings (SSSR count). The Balaban J connectivity index is 4.16. The van der Waals surface area contributed by atoms with Gasteiger partial charge in [-0.05, 0) is 34.7 Å². The maximum atomic E-state index is 3.78. The third-order valence-corrected chi connectivity index (χ3v) is 2.37. The second-order valence-electron chi connectivity index (χ2n) is 4.45. The number of nitrogens with one attached hydrogen (secondary N) is 1. The second kappa shape index (κ2) is 5.40. The molecule has 0 spiro atoms. The van der Waals surface area contributed by atoms with Crippen molar-refractivity contribution < 1.29 is 0 Å². The molecule has 0 aromatic heterocycles. The van der Waals surface area contributed by atoms with E-state index in [1.54, 1.807) is 0 Å². The Morgan fingerprint density at radius 1 is 1.46 bits per heavy atom. The lowest BCUT2D eigenvalue weighted by Gasteiger charge is -2.34. The van der Waals surface area contributed by atoms with Gasteiger partial charge < -0.3 is 5.32 Å². The Morgan fingerprint density at radius 3 is 2.31 bits per heavy atom. The molecule has 2 nitrogen and oxygen atoms in total. The summed E-state index contributed by atoms with van der Waals surface area (Å²) >= 11 is 0. The van der Waals surface area contributed by atoms with E-state index in [1.165, 1.54) is 0 Å². The molecule has 0 aliphatic carbocycles. The molecule has 0 aliphatic rings. The lowest BCUT2D eigenvalue weighted by atomic mass is 10.0. The van der Waals surface area contributed by atoms with Crippen molar-refractivity contribution in [2.75, 3.05) is 20.1 Å². The number of hydrogen-bond acceptors (Lipinski definition) is 2. The van der Waals surface area contributed by atoms with Crippen molar-refractivity contribution in [1.29, 1.82) is 0 Å². The van der Waals surface area contributed by atoms with E-state index < -0.39 is 0 Å². The van der Waals surface area contributed by atoms with Crippen LogP contribution in [0.5, 0.6) is 0 Å². The van der Waals surface area contributed by atoms with Gasteiger partial charge in [-0.1, -0.05) is 6.08 Å². The SMILES string of the molecule is C=CCN(CC(C)(C)NC)C(C)C. The predicted molar refractivity (Wildman–Crippen MR) is 60.0 cm³/mol. The Hall–Kier alpha value is -0.340. The fourth-order valence-electron chi connectivity index (χ4n) is 1.21. The summed E-state index contributed by atoms with van der Waals surface area (Å²) < 4.78 is 0. The summed E-state index contributed by atoms with van der Waals surface area (Å²) in [4.78, 5) is 2.41. The normalized spacial score (nSPS) is 12.5. The van der Waals surface area contributed by atoms with Gasteiger partial charge in [0.1, 0.15) is 0 Å². The van der Waals surface area contributed by atoms with Crippen molar-refractivity contribution in [2.45, 2.75) is 39.3 Å². The smallest absolute Gasteiger partial charge is 0.0249 e. The third-order valence-electron chi connectivity index (χ3n) is 2.37. The molecule has 2 heteroatoms. The maximum Gasteiger partial charge on any atom is 0.0249 e. The standard InChI is InChI=1S/C11H24N2/c1-7-8-13(10(2)3)9-11(4,5)12-6/h7,10,12H,1,8-9H2,2-6H3. The van der Waals surface area contributed by atoms with Gasteiger partial charge in [-0.25, -0.2) is 0 Å². The number of likely N-dealkylation sites (N-methyl/N-ethyl adjacent to an activating group) is 1. The maximum absolute atomic E-state index is 3.78. The molecule has 0 aromatic carbocycles. The van der Waals surface area contributed by atoms with Crippen molar-refractivity contribution in [2.24, 2.45) is 0 Å². The van der Waals surface area contributed by atoms with E-state index in [0.717, 1.165) is 13.1 Å². The number of nitrogens with zero attached hydrogens (tertiary/aromatic N) is 1. The first kappa shape index (κ1) is 12.7. The average molecular weight is 184 g/mol. The zero-order valence-electron chi connectivity index (χ0n) is 9.72. The summed E-state index contributed by atoms with van der Waals surface area (Å²) in [7, 11) is 2.01. The van der Waals surface area contributed by atoms with Gasteiger partial charge >= 0.3 is 0 Å². The van der Waals surface area contributed by atoms with Gasteiger partial charge in [-0.15, -0.1) is 6.58 Å². The van der Waals surface area contributed by atoms with Crippen molar-refractivity contribution in [1.82, 2.24) is 10.2 Å². The topological polar surface area (TPSA) is 15.3 Å². The summed E-state index contributed by atoms with van der Waals surface area (Å²) in [5.41, 5.74) is 0.174. The second-order valence-corrected chi connectivity index (χ2v) is 4.45. The van der Waals surface area contributed by atoms with Crippen LogP contribution in [-0.2, 0) is 0 Å². The van der Waals surface area contributed by atoms with Crippen molar-refractivity contribution in [3.8, 4) is 0 Å². The monoisotopic (exact) mass is 184 g/mol. The highest BCUT2D eigenvalue weighted by molar-refractivity contribution is 4.84. The minimum atomic E-state index is 0.174. The van der Waals surface area contributed by atoms with Crippen LogP contribution in [0.1, 0.15) is 27.7 Å². The molecule has 1 N–H and O–H groups in total. The molecule has 0 atom stereocenters. The van der Waals surface area contributed by atoms with E-state index in [1.807, 2.05) is 13.1 Å². The van der Waals surface area contributed by atoms with Crippen LogP contribution in [0.25, 0.3) is 0 Å². The van der Waals surface area contributed by atoms with Crippen LogP contribution in [0.2, 0.25) is 0 Å². The zero-order valence-corrected chi connectivity index (χ0v) is 9.72. The van der Waals surface area contributed by atoms with Gasteiger partial charge in [-0.3, -0.25) is 4.90 Å². The highest BCUT2D eigenvalue weighted by Crippen LogP contribution is 2.07. The first-order valence-corrected chi connectivity index (χ1v) is 4.97. The molecular formula is C11H24N2. The highest BCUT2D eigenvalue weighted by Gasteiger charge is 2.20. The molecule has 0 radical (unpaired) electrons. The summed E-state index contributed by atoms with van der Waals surface area (Å²) in [5.74, 6) is 0. The van der Waals surface area contributed by atoms with Crippen LogP contribution in [0.15, 0.2) is 12.7 Å². The van der Waals surface area contributed by atoms with E-state index in [4.69, 9.17) is 0 Å². The molecule has 0 saturated carbocycles. The molecule has 0 unspecified atom stereocenters. The van der Waals surface area contributed by atoms with Crippen molar-refractivity contribution in [3.63, 3.8) is 0 Å². The first-order chi connectivity index (χ1) is 5.93. The van der Waals surface area contributed by atoms with Crippen molar-refractivity contribution >= 4 is 0 Å². The van der Waals surface area contributed by atoms with Gasteiger partial charge in [0.2, 0.25) is 0 Å². The number of hydrogen-bond donors (Lipinski definition) is 1. The molecular weight excluding hydrogens is 160 g/mol. The molecule has 0 heterocycles. The zero-order chi connectivity index (χ0) is 10.5. The van der Waals surface area contributed by atoms with E-state index >= 15 is 0 Å². The fourth-order valence-corrected chi connectivity index (χ4v) is 1.21. The summed E-state index contributed by atoms with van der Waals surface area (Å²) in [6.07, 6.45) is 1.96. The van der Waals surface area contributed by atoms with E-state index in [0.29, 0.717) is 6.04 Å². The third kappa shape index (κ3) is 5.06. The van der Waals surface area contributed by atoms with E-state index in [2.05, 4.69) is 44.5 Å². The molecule has 13 heavy (non-hydrogen) atoms. The lowest BCUT2D eigenvalue weighted by Crippen LogP contribution is -2.49. The van der Waals surface area contributed by atoms with Crippen LogP contribution in [0.3, 0.4) is 0 Å². The van der Waals surface area contributed by atoms with E-state index in [-0.39, 0.29) is 5.54 Å². The predicted octanol–water partition coefficient (Wildman–Crippen LogP) is 1.88. The van der Waals surface area contributed by atoms with Gasteiger partial charge in [-0.2, -0.15) is 0 Å². The van der Waals surface area contributed by atoms with Crippen LogP contribution in [-0.4, -0.2) is 36.6 Å². The van der Waals surface area contributed by atoms with E-state index in [9.17, 15) is 0 Å². The Labute approximate surface area is 83.0 Å². The van der Waals surface area contributed by atoms with Gasteiger partial charge in [0, 0.05) is 24.7 Å². The summed E-state index contributed by atoms with van der Waals surface area (Å²) in [6, 6.07) is 0.575. The Kier molecular flexibility index (Phi) is 5.26. The number of rotatable bonds is 6. The van der Waals surface area contributed by atoms with Crippen LogP contribution >= 0.6 is 0 Å². The first-order valence-electron chi connectivity index (χ1n) is 4.97.